The summed E-state index contributed by atoms with van der Waals surface area (Å²) in [5, 5.41) is 2.48. The van der Waals surface area contributed by atoms with E-state index in [1.54, 1.807) is 0 Å². The van der Waals surface area contributed by atoms with Gasteiger partial charge in [-0.25, -0.2) is 0 Å². The molecule has 1 aliphatic rings. The number of benzene rings is 4. The molecule has 0 amide bonds. The van der Waals surface area contributed by atoms with Crippen LogP contribution in [-0.4, -0.2) is 0 Å². The zero-order valence-electron chi connectivity index (χ0n) is 15.4. The molecule has 0 unspecified atom stereocenters. The van der Waals surface area contributed by atoms with Crippen molar-refractivity contribution in [2.75, 3.05) is 4.90 Å². The molecule has 0 spiro atoms. The molecule has 0 bridgehead atoms. The van der Waals surface area contributed by atoms with Gasteiger partial charge in [-0.05, 0) is 40.8 Å². The number of anilines is 3. The summed E-state index contributed by atoms with van der Waals surface area (Å²) < 4.78 is 1.12. The summed E-state index contributed by atoms with van der Waals surface area (Å²) in [7, 11) is 0. The Balaban J connectivity index is 1.90. The van der Waals surface area contributed by atoms with E-state index in [1.165, 1.54) is 39.0 Å². The van der Waals surface area contributed by atoms with Gasteiger partial charge in [0.05, 0.1) is 17.1 Å². The molecule has 4 aromatic carbocycles. The summed E-state index contributed by atoms with van der Waals surface area (Å²) in [5.74, 6) is 0. The van der Waals surface area contributed by atoms with E-state index in [1.807, 2.05) is 0 Å². The molecule has 0 aliphatic carbocycles. The maximum Gasteiger partial charge on any atom is 0.0551 e. The van der Waals surface area contributed by atoms with E-state index in [9.17, 15) is 0 Å². The van der Waals surface area contributed by atoms with Crippen LogP contribution in [0, 0.1) is 0 Å². The second kappa shape index (κ2) is 5.97. The predicted octanol–water partition coefficient (Wildman–Crippen LogP) is 7.71. The minimum atomic E-state index is -0.0362. The van der Waals surface area contributed by atoms with Crippen LogP contribution in [0.3, 0.4) is 0 Å². The lowest BCUT2D eigenvalue weighted by Crippen LogP contribution is -2.30. The number of nitrogens with zero attached hydrogens (tertiary/aromatic N) is 1. The van der Waals surface area contributed by atoms with Gasteiger partial charge in [-0.1, -0.05) is 90.4 Å². The molecule has 0 saturated heterocycles. The van der Waals surface area contributed by atoms with E-state index >= 15 is 0 Å². The molecule has 0 fully saturated rings. The van der Waals surface area contributed by atoms with Crippen molar-refractivity contribution in [1.82, 2.24) is 0 Å². The second-order valence-corrected chi connectivity index (χ2v) is 8.46. The van der Waals surface area contributed by atoms with Crippen LogP contribution in [0.5, 0.6) is 0 Å². The lowest BCUT2D eigenvalue weighted by atomic mass is 9.73. The van der Waals surface area contributed by atoms with Crippen LogP contribution in [0.15, 0.2) is 89.4 Å². The van der Waals surface area contributed by atoms with E-state index in [0.717, 1.165) is 4.47 Å². The number of hydrogen-bond donors (Lipinski definition) is 0. The molecular formula is C25H20BrN. The average molecular weight is 414 g/mol. The highest BCUT2D eigenvalue weighted by atomic mass is 79.9. The fraction of sp³-hybridized carbons (Fsp3) is 0.120. The first-order valence-corrected chi connectivity index (χ1v) is 10.0. The molecule has 0 saturated carbocycles. The quantitative estimate of drug-likeness (QED) is 0.308. The number of rotatable bonds is 1. The molecular weight excluding hydrogens is 394 g/mol. The van der Waals surface area contributed by atoms with Gasteiger partial charge < -0.3 is 4.90 Å². The molecule has 27 heavy (non-hydrogen) atoms. The van der Waals surface area contributed by atoms with E-state index < -0.39 is 0 Å². The Morgan fingerprint density at radius 3 is 1.78 bits per heavy atom. The molecule has 0 atom stereocenters. The normalized spacial score (nSPS) is 14.7. The summed E-state index contributed by atoms with van der Waals surface area (Å²) in [4.78, 5) is 2.42. The molecule has 0 aromatic heterocycles. The molecule has 0 N–H and O–H groups in total. The van der Waals surface area contributed by atoms with Crippen molar-refractivity contribution in [2.45, 2.75) is 19.3 Å². The zero-order chi connectivity index (χ0) is 18.6. The van der Waals surface area contributed by atoms with Crippen LogP contribution in [-0.2, 0) is 5.41 Å². The van der Waals surface area contributed by atoms with Gasteiger partial charge in [-0.2, -0.15) is 0 Å². The lowest BCUT2D eigenvalue weighted by Gasteiger charge is -2.42. The van der Waals surface area contributed by atoms with E-state index in [4.69, 9.17) is 0 Å². The molecule has 1 heterocycles. The van der Waals surface area contributed by atoms with Crippen molar-refractivity contribution in [2.24, 2.45) is 0 Å². The van der Waals surface area contributed by atoms with E-state index in [0.29, 0.717) is 0 Å². The molecule has 0 radical (unpaired) electrons. The van der Waals surface area contributed by atoms with Gasteiger partial charge in [0, 0.05) is 15.3 Å². The minimum absolute atomic E-state index is 0.0362. The van der Waals surface area contributed by atoms with Gasteiger partial charge >= 0.3 is 0 Å². The summed E-state index contributed by atoms with van der Waals surface area (Å²) >= 11 is 3.79. The van der Waals surface area contributed by atoms with Gasteiger partial charge in [0.15, 0.2) is 0 Å². The Hall–Kier alpha value is -2.58. The first-order valence-electron chi connectivity index (χ1n) is 9.25. The van der Waals surface area contributed by atoms with Gasteiger partial charge in [0.1, 0.15) is 0 Å². The largest absolute Gasteiger partial charge is 0.309 e. The van der Waals surface area contributed by atoms with Gasteiger partial charge in [0.2, 0.25) is 0 Å². The molecule has 2 heteroatoms. The fourth-order valence-electron chi connectivity index (χ4n) is 4.39. The Bertz CT molecular complexity index is 1120. The molecule has 1 aliphatic heterocycles. The minimum Gasteiger partial charge on any atom is -0.309 e. The average Bonchev–Trinajstić information content (AvgIpc) is 2.69. The highest BCUT2D eigenvalue weighted by Gasteiger charge is 2.36. The van der Waals surface area contributed by atoms with Crippen molar-refractivity contribution in [1.29, 1.82) is 0 Å². The highest BCUT2D eigenvalue weighted by molar-refractivity contribution is 9.10. The Labute approximate surface area is 168 Å². The van der Waals surface area contributed by atoms with Crippen molar-refractivity contribution >= 4 is 43.8 Å². The molecule has 1 nitrogen and oxygen atoms in total. The number of fused-ring (bicyclic) bond motifs is 3. The van der Waals surface area contributed by atoms with Crippen LogP contribution in [0.25, 0.3) is 10.8 Å². The predicted molar refractivity (Wildman–Crippen MR) is 118 cm³/mol. The first-order chi connectivity index (χ1) is 13.1. The van der Waals surface area contributed by atoms with Gasteiger partial charge in [-0.3, -0.25) is 0 Å². The Morgan fingerprint density at radius 1 is 0.630 bits per heavy atom. The number of para-hydroxylation sites is 2. The van der Waals surface area contributed by atoms with Crippen LogP contribution in [0.4, 0.5) is 17.1 Å². The maximum absolute atomic E-state index is 3.79. The van der Waals surface area contributed by atoms with E-state index in [2.05, 4.69) is 120 Å². The topological polar surface area (TPSA) is 3.24 Å². The third kappa shape index (κ3) is 2.36. The third-order valence-electron chi connectivity index (χ3n) is 5.71. The summed E-state index contributed by atoms with van der Waals surface area (Å²) in [6.07, 6.45) is 0. The first kappa shape index (κ1) is 16.6. The summed E-state index contributed by atoms with van der Waals surface area (Å²) in [5.41, 5.74) is 6.38. The van der Waals surface area contributed by atoms with Gasteiger partial charge in [-0.15, -0.1) is 0 Å². The molecule has 132 valence electrons. The van der Waals surface area contributed by atoms with Crippen molar-refractivity contribution < 1.29 is 0 Å². The maximum atomic E-state index is 3.79. The van der Waals surface area contributed by atoms with E-state index in [-0.39, 0.29) is 5.41 Å². The number of hydrogen-bond acceptors (Lipinski definition) is 1. The van der Waals surface area contributed by atoms with Crippen molar-refractivity contribution in [3.63, 3.8) is 0 Å². The van der Waals surface area contributed by atoms with Crippen LogP contribution >= 0.6 is 15.9 Å². The number of halogens is 1. The summed E-state index contributed by atoms with van der Waals surface area (Å²) in [6.45, 7) is 4.64. The SMILES string of the molecule is CC1(C)c2ccccc2N(c2cccc3cccc(Br)c23)c2ccccc21. The van der Waals surface area contributed by atoms with Crippen molar-refractivity contribution in [3.05, 3.63) is 101 Å². The third-order valence-corrected chi connectivity index (χ3v) is 6.37. The van der Waals surface area contributed by atoms with Gasteiger partial charge in [0.25, 0.3) is 0 Å². The zero-order valence-corrected chi connectivity index (χ0v) is 17.0. The monoisotopic (exact) mass is 413 g/mol. The Morgan fingerprint density at radius 2 is 1.15 bits per heavy atom. The van der Waals surface area contributed by atoms with Crippen molar-refractivity contribution in [3.8, 4) is 0 Å². The standard InChI is InChI=1S/C25H20BrN/c1-25(2)18-11-3-5-14-21(18)27(22-15-6-4-12-19(22)25)23-16-8-10-17-9-7-13-20(26)24(17)23/h3-16H,1-2H3. The molecule has 5 rings (SSSR count). The second-order valence-electron chi connectivity index (χ2n) is 7.61. The fourth-order valence-corrected chi connectivity index (χ4v) is 4.98. The highest BCUT2D eigenvalue weighted by Crippen LogP contribution is 2.53. The van der Waals surface area contributed by atoms with Crippen LogP contribution in [0.1, 0.15) is 25.0 Å². The smallest absolute Gasteiger partial charge is 0.0551 e. The molecule has 4 aromatic rings. The Kier molecular flexibility index (Phi) is 3.66. The lowest BCUT2D eigenvalue weighted by molar-refractivity contribution is 0.632. The summed E-state index contributed by atoms with van der Waals surface area (Å²) in [6, 6.07) is 30.5. The van der Waals surface area contributed by atoms with Crippen LogP contribution < -0.4 is 4.90 Å². The van der Waals surface area contributed by atoms with Crippen LogP contribution in [0.2, 0.25) is 0 Å².